The summed E-state index contributed by atoms with van der Waals surface area (Å²) in [5.74, 6) is 0.931. The second-order valence-electron chi connectivity index (χ2n) is 9.34. The van der Waals surface area contributed by atoms with Gasteiger partial charge in [0.15, 0.2) is 0 Å². The number of aromatic nitrogens is 2. The van der Waals surface area contributed by atoms with E-state index in [0.717, 1.165) is 18.9 Å². The van der Waals surface area contributed by atoms with E-state index < -0.39 is 5.60 Å². The molecule has 0 unspecified atom stereocenters. The number of hydrogen-bond donors (Lipinski definition) is 1. The van der Waals surface area contributed by atoms with Crippen LogP contribution in [0.5, 0.6) is 0 Å². The van der Waals surface area contributed by atoms with Crippen molar-refractivity contribution in [1.29, 1.82) is 0 Å². The number of imidazole rings is 1. The van der Waals surface area contributed by atoms with Crippen LogP contribution in [0.4, 0.5) is 4.79 Å². The van der Waals surface area contributed by atoms with Gasteiger partial charge in [0.05, 0.1) is 6.33 Å². The summed E-state index contributed by atoms with van der Waals surface area (Å²) in [5, 5.41) is 2.99. The Morgan fingerprint density at radius 1 is 1.33 bits per heavy atom. The third kappa shape index (κ3) is 4.31. The summed E-state index contributed by atoms with van der Waals surface area (Å²) in [7, 11) is 0. The van der Waals surface area contributed by atoms with Gasteiger partial charge in [-0.15, -0.1) is 0 Å². The van der Waals surface area contributed by atoms with Crippen LogP contribution in [0, 0.1) is 11.3 Å². The maximum Gasteiger partial charge on any atom is 0.408 e. The van der Waals surface area contributed by atoms with E-state index in [1.165, 1.54) is 31.4 Å². The highest BCUT2D eigenvalue weighted by atomic mass is 16.6. The summed E-state index contributed by atoms with van der Waals surface area (Å²) in [5.41, 5.74) is 0.863. The number of nitrogens with zero attached hydrogens (tertiary/aromatic N) is 2. The minimum atomic E-state index is -0.482. The zero-order valence-corrected chi connectivity index (χ0v) is 15.7. The van der Waals surface area contributed by atoms with Crippen molar-refractivity contribution in [2.24, 2.45) is 11.3 Å². The first-order chi connectivity index (χ1) is 11.1. The second-order valence-corrected chi connectivity index (χ2v) is 9.34. The van der Waals surface area contributed by atoms with Crippen molar-refractivity contribution >= 4 is 6.09 Å². The van der Waals surface area contributed by atoms with Crippen LogP contribution < -0.4 is 5.32 Å². The van der Waals surface area contributed by atoms with Crippen LogP contribution in [0.1, 0.15) is 66.0 Å². The summed E-state index contributed by atoms with van der Waals surface area (Å²) in [6, 6.07) is 0. The molecule has 1 N–H and O–H groups in total. The van der Waals surface area contributed by atoms with Crippen molar-refractivity contribution in [1.82, 2.24) is 14.9 Å². The fourth-order valence-electron chi connectivity index (χ4n) is 3.61. The molecular weight excluding hydrogens is 302 g/mol. The van der Waals surface area contributed by atoms with Gasteiger partial charge in [-0.2, -0.15) is 0 Å². The highest BCUT2D eigenvalue weighted by Gasteiger charge is 2.53. The van der Waals surface area contributed by atoms with Crippen LogP contribution in [0.15, 0.2) is 12.5 Å². The third-order valence-corrected chi connectivity index (χ3v) is 5.08. The third-order valence-electron chi connectivity index (χ3n) is 5.08. The lowest BCUT2D eigenvalue weighted by atomic mass is 9.97. The number of amides is 1. The van der Waals surface area contributed by atoms with Crippen molar-refractivity contribution in [3.05, 3.63) is 18.2 Å². The Labute approximate surface area is 145 Å². The van der Waals surface area contributed by atoms with Gasteiger partial charge in [0.1, 0.15) is 5.60 Å². The van der Waals surface area contributed by atoms with E-state index in [2.05, 4.69) is 14.9 Å². The quantitative estimate of drug-likeness (QED) is 0.858. The van der Waals surface area contributed by atoms with Gasteiger partial charge in [-0.3, -0.25) is 0 Å². The predicted molar refractivity (Wildman–Crippen MR) is 93.8 cm³/mol. The Morgan fingerprint density at radius 2 is 2.00 bits per heavy atom. The standard InChI is InChI=1S/C19H31N3O2/c1-17(2,3)24-16(23)21-18(4,5)10-15-11-20-13-22(15)12-19(8-9-19)14-6-7-14/h11,13-14H,6-10,12H2,1-5H3,(H,21,23). The molecule has 0 spiro atoms. The molecule has 0 radical (unpaired) electrons. The molecule has 0 aliphatic heterocycles. The maximum atomic E-state index is 12.1. The van der Waals surface area contributed by atoms with Crippen molar-refractivity contribution in [3.8, 4) is 0 Å². The lowest BCUT2D eigenvalue weighted by Gasteiger charge is -2.29. The molecule has 1 aromatic heterocycles. The Morgan fingerprint density at radius 3 is 2.54 bits per heavy atom. The van der Waals surface area contributed by atoms with Crippen LogP contribution in [-0.4, -0.2) is 26.8 Å². The number of carbonyl (C=O) groups excluding carboxylic acids is 1. The molecule has 1 aromatic rings. The number of carbonyl (C=O) groups is 1. The van der Waals surface area contributed by atoms with Gasteiger partial charge < -0.3 is 14.6 Å². The van der Waals surface area contributed by atoms with E-state index >= 15 is 0 Å². The van der Waals surface area contributed by atoms with Crippen molar-refractivity contribution in [3.63, 3.8) is 0 Å². The molecular formula is C19H31N3O2. The van der Waals surface area contributed by atoms with Crippen LogP contribution >= 0.6 is 0 Å². The molecule has 0 bridgehead atoms. The topological polar surface area (TPSA) is 56.2 Å². The van der Waals surface area contributed by atoms with Gasteiger partial charge in [0, 0.05) is 30.4 Å². The highest BCUT2D eigenvalue weighted by Crippen LogP contribution is 2.62. The van der Waals surface area contributed by atoms with Crippen LogP contribution in [0.2, 0.25) is 0 Å². The number of hydrogen-bond acceptors (Lipinski definition) is 3. The Bertz CT molecular complexity index is 604. The molecule has 24 heavy (non-hydrogen) atoms. The van der Waals surface area contributed by atoms with Crippen LogP contribution in [0.3, 0.4) is 0 Å². The molecule has 1 amide bonds. The summed E-state index contributed by atoms with van der Waals surface area (Å²) in [4.78, 5) is 16.4. The first-order valence-electron chi connectivity index (χ1n) is 9.09. The van der Waals surface area contributed by atoms with Gasteiger partial charge >= 0.3 is 6.09 Å². The van der Waals surface area contributed by atoms with Crippen molar-refractivity contribution in [2.45, 2.75) is 84.4 Å². The minimum Gasteiger partial charge on any atom is -0.444 e. The molecule has 0 saturated heterocycles. The fourth-order valence-corrected chi connectivity index (χ4v) is 3.61. The first-order valence-corrected chi connectivity index (χ1v) is 9.09. The molecule has 3 rings (SSSR count). The summed E-state index contributed by atoms with van der Waals surface area (Å²) < 4.78 is 7.68. The maximum absolute atomic E-state index is 12.1. The van der Waals surface area contributed by atoms with Gasteiger partial charge in [-0.25, -0.2) is 9.78 Å². The molecule has 1 heterocycles. The molecule has 2 saturated carbocycles. The summed E-state index contributed by atoms with van der Waals surface area (Å²) in [6.07, 6.45) is 9.76. The molecule has 2 aliphatic carbocycles. The van der Waals surface area contributed by atoms with Crippen molar-refractivity contribution in [2.75, 3.05) is 0 Å². The smallest absolute Gasteiger partial charge is 0.408 e. The molecule has 0 atom stereocenters. The van der Waals surface area contributed by atoms with E-state index in [-0.39, 0.29) is 11.6 Å². The Balaban J connectivity index is 1.61. The number of rotatable bonds is 6. The Hall–Kier alpha value is -1.52. The number of ether oxygens (including phenoxy) is 1. The van der Waals surface area contributed by atoms with E-state index in [0.29, 0.717) is 5.41 Å². The van der Waals surface area contributed by atoms with Crippen molar-refractivity contribution < 1.29 is 9.53 Å². The fraction of sp³-hybridized carbons (Fsp3) is 0.789. The highest BCUT2D eigenvalue weighted by molar-refractivity contribution is 5.68. The summed E-state index contributed by atoms with van der Waals surface area (Å²) in [6.45, 7) is 10.8. The number of nitrogens with one attached hydrogen (secondary N) is 1. The monoisotopic (exact) mass is 333 g/mol. The van der Waals surface area contributed by atoms with Crippen LogP contribution in [0.25, 0.3) is 0 Å². The van der Waals surface area contributed by atoms with E-state index in [1.54, 1.807) is 0 Å². The lowest BCUT2D eigenvalue weighted by molar-refractivity contribution is 0.0471. The largest absolute Gasteiger partial charge is 0.444 e. The second kappa shape index (κ2) is 5.78. The number of alkyl carbamates (subject to hydrolysis) is 1. The first kappa shape index (κ1) is 17.3. The molecule has 2 fully saturated rings. The van der Waals surface area contributed by atoms with E-state index in [9.17, 15) is 4.79 Å². The molecule has 0 aromatic carbocycles. The summed E-state index contributed by atoms with van der Waals surface area (Å²) >= 11 is 0. The van der Waals surface area contributed by atoms with Gasteiger partial charge in [0.25, 0.3) is 0 Å². The van der Waals surface area contributed by atoms with Gasteiger partial charge in [0.2, 0.25) is 0 Å². The normalized spacial score (nSPS) is 19.9. The van der Waals surface area contributed by atoms with Gasteiger partial charge in [-0.1, -0.05) is 0 Å². The van der Waals surface area contributed by atoms with Crippen LogP contribution in [-0.2, 0) is 17.7 Å². The average molecular weight is 333 g/mol. The molecule has 2 aliphatic rings. The molecule has 5 nitrogen and oxygen atoms in total. The SMILES string of the molecule is CC(C)(Cc1cncn1CC1(C2CC2)CC1)NC(=O)OC(C)(C)C. The van der Waals surface area contributed by atoms with Gasteiger partial charge in [-0.05, 0) is 71.6 Å². The predicted octanol–water partition coefficient (Wildman–Crippen LogP) is 3.92. The van der Waals surface area contributed by atoms with E-state index in [4.69, 9.17) is 4.74 Å². The molecule has 5 heteroatoms. The average Bonchev–Trinajstić information content (AvgIpc) is 3.27. The minimum absolute atomic E-state index is 0.366. The molecule has 134 valence electrons. The Kier molecular flexibility index (Phi) is 4.17. The van der Waals surface area contributed by atoms with E-state index in [1.807, 2.05) is 47.1 Å². The lowest BCUT2D eigenvalue weighted by Crippen LogP contribution is -2.47. The zero-order valence-electron chi connectivity index (χ0n) is 15.7. The zero-order chi connectivity index (χ0) is 17.6.